The zero-order valence-electron chi connectivity index (χ0n) is 39.0. The average Bonchev–Trinajstić information content (AvgIpc) is 3.92. The number of aliphatic hydroxyl groups excluding tert-OH is 1. The number of fused-ring (bicyclic) bond motifs is 5. The second-order valence-corrected chi connectivity index (χ2v) is 21.4. The molecule has 5 aliphatic rings. The van der Waals surface area contributed by atoms with Gasteiger partial charge in [0, 0.05) is 32.9 Å². The molecule has 1 saturated carbocycles. The van der Waals surface area contributed by atoms with Gasteiger partial charge in [0.05, 0.1) is 25.3 Å². The number of likely N-dealkylation sites (tertiary alicyclic amines) is 1. The summed E-state index contributed by atoms with van der Waals surface area (Å²) in [6.45, 7) is 7.06. The molecule has 1 aromatic carbocycles. The van der Waals surface area contributed by atoms with Crippen molar-refractivity contribution in [3.05, 3.63) is 46.5 Å². The molecule has 6 rings (SSSR count). The number of hydrogen-bond acceptors (Lipinski definition) is 14. The van der Waals surface area contributed by atoms with Crippen LogP contribution in [-0.4, -0.2) is 168 Å². The van der Waals surface area contributed by atoms with E-state index in [1.54, 1.807) is 38.1 Å². The number of alkyl carbamates (subject to hydrolysis) is 1. The first-order chi connectivity index (χ1) is 31.6. The van der Waals surface area contributed by atoms with Gasteiger partial charge >= 0.3 is 152 Å². The number of nitrogens with zero attached hydrogens (tertiary/aromatic N) is 3. The number of hydrogen-bond donors (Lipinski definition) is 4. The van der Waals surface area contributed by atoms with E-state index >= 15 is 0 Å². The number of carbonyl (C=O) groups excluding carboxylic acids is 7. The van der Waals surface area contributed by atoms with Crippen LogP contribution in [-0.2, 0) is 49.4 Å². The van der Waals surface area contributed by atoms with Crippen LogP contribution in [0.3, 0.4) is 0 Å². The molecule has 18 nitrogen and oxygen atoms in total. The molecule has 0 aromatic heterocycles. The van der Waals surface area contributed by atoms with Crippen LogP contribution in [0.1, 0.15) is 84.6 Å². The van der Waals surface area contributed by atoms with Gasteiger partial charge in [-0.2, -0.15) is 0 Å². The molecule has 9 atom stereocenters. The summed E-state index contributed by atoms with van der Waals surface area (Å²) >= 11 is 8.40. The number of likely N-dealkylation sites (N-methyl/N-ethyl adjacent to an activating group) is 1. The molecule has 1 aromatic rings. The van der Waals surface area contributed by atoms with Crippen LogP contribution in [0, 0.1) is 17.8 Å². The van der Waals surface area contributed by atoms with E-state index in [0.717, 1.165) is 36.8 Å². The molecular weight excluding hydrogens is 1100 g/mol. The van der Waals surface area contributed by atoms with E-state index in [0.29, 0.717) is 50.5 Å². The summed E-state index contributed by atoms with van der Waals surface area (Å²) in [6.07, 6.45) is 1.95. The van der Waals surface area contributed by atoms with Crippen LogP contribution >= 0.6 is 23.4 Å². The molecule has 67 heavy (non-hydrogen) atoms. The molecule has 4 fully saturated rings. The number of allylic oxidation sites excluding steroid dienone is 3. The first-order valence-electron chi connectivity index (χ1n) is 22.6. The van der Waals surface area contributed by atoms with Gasteiger partial charge in [-0.05, 0) is 44.9 Å². The maximum Gasteiger partial charge on any atom is 0.409 e. The third-order valence-electron chi connectivity index (χ3n) is 13.9. The predicted octanol–water partition coefficient (Wildman–Crippen LogP) is 3.12. The Morgan fingerprint density at radius 2 is 1.84 bits per heavy atom. The van der Waals surface area contributed by atoms with E-state index in [2.05, 4.69) is 8.44 Å². The Labute approximate surface area is 416 Å². The molecule has 1 aliphatic carbocycles. The fourth-order valence-corrected chi connectivity index (χ4v) is 11.7. The van der Waals surface area contributed by atoms with Crippen LogP contribution in [0.4, 0.5) is 10.5 Å². The smallest absolute Gasteiger partial charge is 0.409 e. The second kappa shape index (κ2) is 21.9. The van der Waals surface area contributed by atoms with Crippen molar-refractivity contribution in [3.63, 3.8) is 0 Å². The van der Waals surface area contributed by atoms with Crippen molar-refractivity contribution in [3.8, 4) is 5.75 Å². The summed E-state index contributed by atoms with van der Waals surface area (Å²) in [4.78, 5) is 96.9. The van der Waals surface area contributed by atoms with E-state index in [1.165, 1.54) is 60.7 Å². The van der Waals surface area contributed by atoms with Crippen molar-refractivity contribution < 1.29 is 62.7 Å². The Hall–Kier alpha value is -3.77. The topological polar surface area (TPSA) is 234 Å². The monoisotopic (exact) mass is 1160 g/mol. The van der Waals surface area contributed by atoms with Gasteiger partial charge in [-0.25, -0.2) is 9.59 Å². The molecule has 4 aliphatic heterocycles. The maximum absolute atomic E-state index is 14.3. The molecular formula is C46H61ClN5O13STl. The number of amides is 6. The third kappa shape index (κ3) is 12.0. The summed E-state index contributed by atoms with van der Waals surface area (Å²) in [5.74, 6) is -2.17. The Morgan fingerprint density at radius 1 is 1.13 bits per heavy atom. The van der Waals surface area contributed by atoms with E-state index in [9.17, 15) is 43.8 Å². The molecule has 4 bridgehead atoms. The minimum Gasteiger partial charge on any atom is -0.446 e. The van der Waals surface area contributed by atoms with E-state index in [-0.39, 0.29) is 59.6 Å². The SMILES string of the molecule is COc1cc2cc(c1Cl)N(C)C(=O)C[C@H](OC(=O)[C@H](C)N(C)C(=O)CCSC1CC(=O)N(CC3CCC(C(=O)[NH][Tl])CC3)C1=O)[C@]1(C)O[C@H]1[C@H](C)[C@@H]1C[C@@](O)(NC(=O)O1)[C@H](O)/C=C/C=C(\C)C2. The van der Waals surface area contributed by atoms with E-state index in [4.69, 9.17) is 30.5 Å². The number of ether oxygens (including phenoxy) is 4. The minimum absolute atomic E-state index is 0.0163. The Bertz CT molecular complexity index is 2170. The van der Waals surface area contributed by atoms with Crippen molar-refractivity contribution in [1.29, 1.82) is 0 Å². The molecule has 364 valence electrons. The number of aliphatic hydroxyl groups is 2. The maximum atomic E-state index is 14.3. The van der Waals surface area contributed by atoms with Crippen molar-refractivity contribution in [2.45, 2.75) is 133 Å². The van der Waals surface area contributed by atoms with Crippen LogP contribution < -0.4 is 18.1 Å². The standard InChI is InChI=1S/C46H62ClN5O13S.Tl/c1-24-9-8-10-34(53)46(61)22-32(63-44(60)49-46)25(2)40-45(4,65-40)35(21-37(55)51(6)30-18-28(17-24)19-31(62-7)39(30)47)64-43(59)26(3)50(5)36(54)15-16-66-33-20-38(56)52(42(33)58)23-27-11-13-29(14-12-27)41(48)57;/h8-10,18-19,25-27,29,32-35,40,53,61H,11-17,20-23H2,1-7H3,(H3,48,49,57,60);/q;+1/p-1/b10-8+,24-9+;/t25-,26+,27?,29?,32+,33?,34-,35+,40+,45+,46+;/m1./s1. The summed E-state index contributed by atoms with van der Waals surface area (Å²) in [7, 11) is 4.44. The zero-order valence-corrected chi connectivity index (χ0v) is 45.0. The van der Waals surface area contributed by atoms with E-state index in [1.807, 2.05) is 6.92 Å². The molecule has 4 heterocycles. The number of benzene rings is 1. The summed E-state index contributed by atoms with van der Waals surface area (Å²) in [6, 6.07) is 2.35. The number of esters is 1. The van der Waals surface area contributed by atoms with Gasteiger partial charge in [0.1, 0.15) is 40.7 Å². The molecule has 0 spiro atoms. The van der Waals surface area contributed by atoms with Crippen molar-refractivity contribution in [2.75, 3.05) is 38.4 Å². The first-order valence-corrected chi connectivity index (χ1v) is 26.2. The number of imide groups is 1. The van der Waals surface area contributed by atoms with Crippen LogP contribution in [0.2, 0.25) is 5.02 Å². The number of nitrogens with one attached hydrogen (secondary N) is 2. The van der Waals surface area contributed by atoms with Gasteiger partial charge in [-0.15, -0.1) is 0 Å². The van der Waals surface area contributed by atoms with Gasteiger partial charge in [-0.3, -0.25) is 14.9 Å². The number of epoxide rings is 1. The van der Waals surface area contributed by atoms with Gasteiger partial charge in [0.25, 0.3) is 0 Å². The number of anilines is 1. The normalized spacial score (nSPS) is 33.0. The second-order valence-electron chi connectivity index (χ2n) is 18.6. The average molecular weight is 1160 g/mol. The van der Waals surface area contributed by atoms with Gasteiger partial charge in [0.15, 0.2) is 5.72 Å². The molecule has 21 heteroatoms. The number of methoxy groups -OCH3 is 1. The third-order valence-corrected chi connectivity index (χ3v) is 16.6. The van der Waals surface area contributed by atoms with Gasteiger partial charge in [0.2, 0.25) is 11.8 Å². The zero-order chi connectivity index (χ0) is 49.1. The number of halogens is 1. The van der Waals surface area contributed by atoms with Gasteiger partial charge < -0.3 is 39.0 Å². The van der Waals surface area contributed by atoms with Crippen molar-refractivity contribution >= 4 is 96.7 Å². The fourth-order valence-electron chi connectivity index (χ4n) is 9.38. The summed E-state index contributed by atoms with van der Waals surface area (Å²) < 4.78 is 26.4. The molecule has 3 saturated heterocycles. The van der Waals surface area contributed by atoms with E-state index < -0.39 is 83.2 Å². The van der Waals surface area contributed by atoms with Crippen LogP contribution in [0.25, 0.3) is 0 Å². The Morgan fingerprint density at radius 3 is 2.51 bits per heavy atom. The molecule has 6 amide bonds. The summed E-state index contributed by atoms with van der Waals surface area (Å²) in [5.41, 5.74) is -1.51. The Balaban J connectivity index is 1.14. The molecule has 4 N–H and O–H groups in total. The van der Waals surface area contributed by atoms with Crippen molar-refractivity contribution in [2.24, 2.45) is 17.8 Å². The largest absolute Gasteiger partial charge is 0.446 e. The van der Waals surface area contributed by atoms with Crippen LogP contribution in [0.5, 0.6) is 5.75 Å². The van der Waals surface area contributed by atoms with Crippen LogP contribution in [0.15, 0.2) is 35.9 Å². The van der Waals surface area contributed by atoms with Crippen molar-refractivity contribution in [1.82, 2.24) is 18.2 Å². The minimum atomic E-state index is -2.10. The molecule has 0 radical (unpaired) electrons. The predicted molar refractivity (Wildman–Crippen MR) is 248 cm³/mol. The number of thioether (sulfide) groups is 1. The quantitative estimate of drug-likeness (QED) is 0.108. The van der Waals surface area contributed by atoms with Gasteiger partial charge in [-0.1, -0.05) is 42.3 Å². The first kappa shape index (κ1) is 52.6. The Kier molecular flexibility index (Phi) is 17.2. The number of rotatable bonds is 11. The number of carbonyl (C=O) groups is 7. The molecule has 1 unspecified atom stereocenters. The fraction of sp³-hybridized carbons (Fsp3) is 0.630. The summed E-state index contributed by atoms with van der Waals surface area (Å²) in [5, 5.41) is 24.5.